The number of aryl methyl sites for hydroxylation is 1. The summed E-state index contributed by atoms with van der Waals surface area (Å²) in [4.78, 5) is 35.6. The second-order valence-electron chi connectivity index (χ2n) is 6.76. The maximum atomic E-state index is 12.9. The molecule has 0 spiro atoms. The van der Waals surface area contributed by atoms with E-state index in [-0.39, 0.29) is 23.1 Å². The fourth-order valence-corrected chi connectivity index (χ4v) is 3.34. The lowest BCUT2D eigenvalue weighted by molar-refractivity contribution is -0.00792. The van der Waals surface area contributed by atoms with E-state index in [2.05, 4.69) is 15.1 Å². The Bertz CT molecular complexity index is 1010. The molecule has 0 radical (unpaired) electrons. The van der Waals surface area contributed by atoms with Crippen LogP contribution in [0.15, 0.2) is 41.5 Å². The van der Waals surface area contributed by atoms with Crippen LogP contribution < -0.4 is 5.56 Å². The number of hydrogen-bond acceptors (Lipinski definition) is 5. The van der Waals surface area contributed by atoms with Gasteiger partial charge in [0.05, 0.1) is 18.4 Å². The van der Waals surface area contributed by atoms with Gasteiger partial charge in [0.2, 0.25) is 0 Å². The molecule has 1 aliphatic heterocycles. The van der Waals surface area contributed by atoms with E-state index in [9.17, 15) is 9.59 Å². The van der Waals surface area contributed by atoms with Gasteiger partial charge in [-0.05, 0) is 31.9 Å². The lowest BCUT2D eigenvalue weighted by Crippen LogP contribution is -2.45. The minimum atomic E-state index is -0.380. The Morgan fingerprint density at radius 2 is 2.26 bits per heavy atom. The number of piperidine rings is 1. The molecule has 1 atom stereocenters. The summed E-state index contributed by atoms with van der Waals surface area (Å²) in [5.74, 6) is -0.305. The van der Waals surface area contributed by atoms with Crippen LogP contribution in [-0.4, -0.2) is 49.6 Å². The molecule has 4 rings (SSSR count). The first kappa shape index (κ1) is 17.4. The number of carbonyl (C=O) groups excluding carboxylic acids is 1. The van der Waals surface area contributed by atoms with Crippen molar-refractivity contribution in [3.8, 4) is 0 Å². The molecule has 3 aromatic heterocycles. The van der Waals surface area contributed by atoms with Crippen LogP contribution in [-0.2, 0) is 11.3 Å². The molecule has 1 amide bonds. The van der Waals surface area contributed by atoms with Crippen molar-refractivity contribution < 1.29 is 9.53 Å². The molecule has 8 heteroatoms. The summed E-state index contributed by atoms with van der Waals surface area (Å²) in [6.07, 6.45) is 4.73. The summed E-state index contributed by atoms with van der Waals surface area (Å²) >= 11 is 0. The zero-order valence-electron chi connectivity index (χ0n) is 15.1. The Kier molecular flexibility index (Phi) is 4.72. The number of nitrogens with zero attached hydrogens (tertiary/aromatic N) is 4. The van der Waals surface area contributed by atoms with Crippen LogP contribution in [0.5, 0.6) is 0 Å². The Morgan fingerprint density at radius 3 is 3.07 bits per heavy atom. The highest BCUT2D eigenvalue weighted by atomic mass is 16.5. The standard InChI is InChI=1S/C19H21N5O3/c1-13-9-17-21-10-16(19(26)24(17)22-13)18(25)23-8-4-6-15(11-23)27-12-14-5-2-3-7-20-14/h2-3,5,7,9-10,15,22H,4,6,8,11-12H2,1H3/t15-/m0/s1. The summed E-state index contributed by atoms with van der Waals surface area (Å²) in [7, 11) is 0. The average molecular weight is 367 g/mol. The molecule has 0 aliphatic carbocycles. The molecule has 1 saturated heterocycles. The summed E-state index contributed by atoms with van der Waals surface area (Å²) in [6.45, 7) is 3.31. The van der Waals surface area contributed by atoms with E-state index in [1.165, 1.54) is 10.7 Å². The number of fused-ring (bicyclic) bond motifs is 1. The van der Waals surface area contributed by atoms with E-state index in [1.807, 2.05) is 25.1 Å². The molecule has 140 valence electrons. The lowest BCUT2D eigenvalue weighted by atomic mass is 10.1. The summed E-state index contributed by atoms with van der Waals surface area (Å²) in [5, 5.41) is 2.91. The molecule has 4 heterocycles. The largest absolute Gasteiger partial charge is 0.370 e. The number of aromatic amines is 1. The van der Waals surface area contributed by atoms with Gasteiger partial charge in [-0.3, -0.25) is 19.7 Å². The molecule has 0 bridgehead atoms. The van der Waals surface area contributed by atoms with E-state index in [1.54, 1.807) is 17.2 Å². The Balaban J connectivity index is 1.47. The number of carbonyl (C=O) groups is 1. The van der Waals surface area contributed by atoms with Crippen LogP contribution in [0.4, 0.5) is 0 Å². The first-order chi connectivity index (χ1) is 13.1. The molecule has 0 unspecified atom stereocenters. The van der Waals surface area contributed by atoms with Crippen LogP contribution in [0.2, 0.25) is 0 Å². The van der Waals surface area contributed by atoms with Crippen molar-refractivity contribution in [3.05, 3.63) is 64.0 Å². The van der Waals surface area contributed by atoms with Crippen molar-refractivity contribution in [1.82, 2.24) is 24.5 Å². The van der Waals surface area contributed by atoms with Crippen LogP contribution in [0.25, 0.3) is 5.65 Å². The normalized spacial score (nSPS) is 17.4. The van der Waals surface area contributed by atoms with E-state index in [0.29, 0.717) is 25.3 Å². The van der Waals surface area contributed by atoms with Crippen molar-refractivity contribution in [2.75, 3.05) is 13.1 Å². The topological polar surface area (TPSA) is 92.6 Å². The van der Waals surface area contributed by atoms with Gasteiger partial charge < -0.3 is 9.64 Å². The van der Waals surface area contributed by atoms with Crippen molar-refractivity contribution >= 4 is 11.6 Å². The van der Waals surface area contributed by atoms with Gasteiger partial charge in [-0.2, -0.15) is 0 Å². The molecule has 0 saturated carbocycles. The number of ether oxygens (including phenoxy) is 1. The molecule has 1 N–H and O–H groups in total. The van der Waals surface area contributed by atoms with Crippen molar-refractivity contribution in [2.24, 2.45) is 0 Å². The number of pyridine rings is 1. The van der Waals surface area contributed by atoms with Gasteiger partial charge in [-0.15, -0.1) is 0 Å². The van der Waals surface area contributed by atoms with Gasteiger partial charge in [0.1, 0.15) is 5.56 Å². The van der Waals surface area contributed by atoms with Gasteiger partial charge in [0, 0.05) is 37.2 Å². The number of rotatable bonds is 4. The molecule has 1 aliphatic rings. The molecular weight excluding hydrogens is 346 g/mol. The van der Waals surface area contributed by atoms with Gasteiger partial charge in [0.15, 0.2) is 5.65 Å². The predicted octanol–water partition coefficient (Wildman–Crippen LogP) is 1.55. The third-order valence-electron chi connectivity index (χ3n) is 4.71. The monoisotopic (exact) mass is 367 g/mol. The number of H-pyrrole nitrogens is 1. The molecule has 8 nitrogen and oxygen atoms in total. The predicted molar refractivity (Wildman–Crippen MR) is 98.5 cm³/mol. The molecular formula is C19H21N5O3. The number of likely N-dealkylation sites (tertiary alicyclic amines) is 1. The number of amides is 1. The first-order valence-corrected chi connectivity index (χ1v) is 9.00. The van der Waals surface area contributed by atoms with Crippen LogP contribution in [0, 0.1) is 6.92 Å². The average Bonchev–Trinajstić information content (AvgIpc) is 3.09. The third kappa shape index (κ3) is 3.61. The molecule has 0 aromatic carbocycles. The van der Waals surface area contributed by atoms with Crippen LogP contribution in [0.1, 0.15) is 34.6 Å². The van der Waals surface area contributed by atoms with E-state index < -0.39 is 0 Å². The zero-order chi connectivity index (χ0) is 18.8. The van der Waals surface area contributed by atoms with Gasteiger partial charge in [0.25, 0.3) is 11.5 Å². The van der Waals surface area contributed by atoms with Crippen molar-refractivity contribution in [1.29, 1.82) is 0 Å². The van der Waals surface area contributed by atoms with E-state index in [4.69, 9.17) is 4.74 Å². The fraction of sp³-hybridized carbons (Fsp3) is 0.368. The maximum Gasteiger partial charge on any atom is 0.285 e. The summed E-state index contributed by atoms with van der Waals surface area (Å²) < 4.78 is 7.23. The van der Waals surface area contributed by atoms with E-state index in [0.717, 1.165) is 24.2 Å². The fourth-order valence-electron chi connectivity index (χ4n) is 3.34. The maximum absolute atomic E-state index is 12.9. The zero-order valence-corrected chi connectivity index (χ0v) is 15.1. The van der Waals surface area contributed by atoms with Gasteiger partial charge >= 0.3 is 0 Å². The summed E-state index contributed by atoms with van der Waals surface area (Å²) in [6, 6.07) is 7.45. The number of aromatic nitrogens is 4. The van der Waals surface area contributed by atoms with Crippen molar-refractivity contribution in [2.45, 2.75) is 32.5 Å². The van der Waals surface area contributed by atoms with Crippen LogP contribution >= 0.6 is 0 Å². The van der Waals surface area contributed by atoms with Crippen molar-refractivity contribution in [3.63, 3.8) is 0 Å². The molecule has 3 aromatic rings. The minimum absolute atomic E-state index is 0.0692. The Morgan fingerprint density at radius 1 is 1.37 bits per heavy atom. The molecule has 27 heavy (non-hydrogen) atoms. The highest BCUT2D eigenvalue weighted by Gasteiger charge is 2.27. The van der Waals surface area contributed by atoms with Gasteiger partial charge in [-0.25, -0.2) is 9.50 Å². The Hall–Kier alpha value is -3.00. The second-order valence-corrected chi connectivity index (χ2v) is 6.76. The van der Waals surface area contributed by atoms with Crippen LogP contribution in [0.3, 0.4) is 0 Å². The first-order valence-electron chi connectivity index (χ1n) is 9.00. The second kappa shape index (κ2) is 7.32. The highest BCUT2D eigenvalue weighted by molar-refractivity contribution is 5.93. The van der Waals surface area contributed by atoms with Gasteiger partial charge in [-0.1, -0.05) is 6.07 Å². The minimum Gasteiger partial charge on any atom is -0.370 e. The SMILES string of the molecule is Cc1cc2ncc(C(=O)N3CCC[C@H](OCc4ccccn4)C3)c(=O)n2[nH]1. The molecule has 1 fully saturated rings. The quantitative estimate of drug-likeness (QED) is 0.755. The smallest absolute Gasteiger partial charge is 0.285 e. The Labute approximate surface area is 155 Å². The highest BCUT2D eigenvalue weighted by Crippen LogP contribution is 2.16. The number of nitrogens with one attached hydrogen (secondary N) is 1. The third-order valence-corrected chi connectivity index (χ3v) is 4.71. The van der Waals surface area contributed by atoms with E-state index >= 15 is 0 Å². The lowest BCUT2D eigenvalue weighted by Gasteiger charge is -2.32. The summed E-state index contributed by atoms with van der Waals surface area (Å²) in [5.41, 5.74) is 1.86. The number of hydrogen-bond donors (Lipinski definition) is 1.